The van der Waals surface area contributed by atoms with Crippen molar-refractivity contribution in [2.75, 3.05) is 11.9 Å². The topological polar surface area (TPSA) is 82.6 Å². The molecule has 0 amide bonds. The van der Waals surface area contributed by atoms with Crippen LogP contribution in [0, 0.1) is 0 Å². The molecule has 3 aromatic heterocycles. The zero-order valence-corrected chi connectivity index (χ0v) is 14.0. The molecule has 3 aromatic rings. The fourth-order valence-corrected chi connectivity index (χ4v) is 3.84. The first-order valence-corrected chi connectivity index (χ1v) is 8.96. The minimum atomic E-state index is 0.357. The number of nitrogens with one attached hydrogen (secondary N) is 2. The molecule has 24 heavy (non-hydrogen) atoms. The summed E-state index contributed by atoms with van der Waals surface area (Å²) in [5.74, 6) is 0.719. The molecule has 124 valence electrons. The van der Waals surface area contributed by atoms with E-state index in [1.54, 1.807) is 36.3 Å². The van der Waals surface area contributed by atoms with E-state index in [0.29, 0.717) is 6.04 Å². The van der Waals surface area contributed by atoms with Gasteiger partial charge in [-0.3, -0.25) is 9.88 Å². The van der Waals surface area contributed by atoms with Crippen LogP contribution in [0.15, 0.2) is 36.5 Å². The zero-order valence-electron chi connectivity index (χ0n) is 13.2. The molecule has 4 rings (SSSR count). The second-order valence-electron chi connectivity index (χ2n) is 5.85. The van der Waals surface area contributed by atoms with E-state index >= 15 is 0 Å². The summed E-state index contributed by atoms with van der Waals surface area (Å²) in [7, 11) is 0. The lowest BCUT2D eigenvalue weighted by molar-refractivity contribution is 0.136. The third kappa shape index (κ3) is 3.44. The standard InChI is InChI=1S/C16H19N7S/c1-2-6-23(9-12-7-18-11-20-12)14(3-1)13-10-24-16(21-13)22-15-8-17-4-5-19-15/h4-5,7-8,10-11,14H,1-3,6,9H2,(H,18,20)(H,19,21,22). The van der Waals surface area contributed by atoms with Gasteiger partial charge in [0, 0.05) is 36.2 Å². The fourth-order valence-electron chi connectivity index (χ4n) is 3.07. The molecule has 4 heterocycles. The average molecular weight is 341 g/mol. The molecule has 8 heteroatoms. The molecule has 0 spiro atoms. The van der Waals surface area contributed by atoms with Crippen LogP contribution in [0.2, 0.25) is 0 Å². The number of rotatable bonds is 5. The Morgan fingerprint density at radius 3 is 3.08 bits per heavy atom. The van der Waals surface area contributed by atoms with E-state index in [2.05, 4.69) is 35.5 Å². The summed E-state index contributed by atoms with van der Waals surface area (Å²) < 4.78 is 0. The number of anilines is 2. The molecular formula is C16H19N7S. The van der Waals surface area contributed by atoms with E-state index in [1.807, 2.05) is 6.20 Å². The van der Waals surface area contributed by atoms with Gasteiger partial charge in [-0.15, -0.1) is 11.3 Å². The fraction of sp³-hybridized carbons (Fsp3) is 0.375. The van der Waals surface area contributed by atoms with Crippen molar-refractivity contribution in [1.29, 1.82) is 0 Å². The Balaban J connectivity index is 1.49. The first kappa shape index (κ1) is 15.2. The molecule has 7 nitrogen and oxygen atoms in total. The van der Waals surface area contributed by atoms with Gasteiger partial charge in [-0.2, -0.15) is 0 Å². The molecule has 0 saturated carbocycles. The first-order chi connectivity index (χ1) is 11.9. The molecule has 0 bridgehead atoms. The molecule has 1 atom stereocenters. The number of hydrogen-bond acceptors (Lipinski definition) is 7. The number of nitrogens with zero attached hydrogens (tertiary/aromatic N) is 5. The lowest BCUT2D eigenvalue weighted by atomic mass is 10.00. The van der Waals surface area contributed by atoms with Gasteiger partial charge in [0.05, 0.1) is 24.3 Å². The monoisotopic (exact) mass is 341 g/mol. The maximum Gasteiger partial charge on any atom is 0.188 e. The Morgan fingerprint density at radius 1 is 1.25 bits per heavy atom. The van der Waals surface area contributed by atoms with E-state index in [0.717, 1.165) is 41.8 Å². The minimum absolute atomic E-state index is 0.357. The highest BCUT2D eigenvalue weighted by molar-refractivity contribution is 7.13. The van der Waals surface area contributed by atoms with Crippen LogP contribution in [0.5, 0.6) is 0 Å². The summed E-state index contributed by atoms with van der Waals surface area (Å²) >= 11 is 1.61. The Labute approximate surface area is 144 Å². The second-order valence-corrected chi connectivity index (χ2v) is 6.71. The number of H-pyrrole nitrogens is 1. The van der Waals surface area contributed by atoms with Gasteiger partial charge in [0.25, 0.3) is 0 Å². The van der Waals surface area contributed by atoms with Crippen molar-refractivity contribution in [3.63, 3.8) is 0 Å². The summed E-state index contributed by atoms with van der Waals surface area (Å²) in [6, 6.07) is 0.357. The maximum absolute atomic E-state index is 4.78. The lowest BCUT2D eigenvalue weighted by Crippen LogP contribution is -2.33. The molecule has 2 N–H and O–H groups in total. The van der Waals surface area contributed by atoms with Crippen molar-refractivity contribution in [2.45, 2.75) is 31.8 Å². The van der Waals surface area contributed by atoms with Crippen LogP contribution in [-0.2, 0) is 6.54 Å². The smallest absolute Gasteiger partial charge is 0.188 e. The summed E-state index contributed by atoms with van der Waals surface area (Å²) in [6.45, 7) is 1.98. The van der Waals surface area contributed by atoms with E-state index in [-0.39, 0.29) is 0 Å². The zero-order chi connectivity index (χ0) is 16.2. The lowest BCUT2D eigenvalue weighted by Gasteiger charge is -2.34. The first-order valence-electron chi connectivity index (χ1n) is 8.08. The van der Waals surface area contributed by atoms with Gasteiger partial charge < -0.3 is 10.3 Å². The highest BCUT2D eigenvalue weighted by Crippen LogP contribution is 2.34. The van der Waals surface area contributed by atoms with Crippen molar-refractivity contribution < 1.29 is 0 Å². The van der Waals surface area contributed by atoms with Crippen molar-refractivity contribution in [1.82, 2.24) is 29.8 Å². The van der Waals surface area contributed by atoms with Gasteiger partial charge in [-0.1, -0.05) is 6.42 Å². The molecule has 1 unspecified atom stereocenters. The number of aromatic nitrogens is 5. The number of likely N-dealkylation sites (tertiary alicyclic amines) is 1. The maximum atomic E-state index is 4.78. The van der Waals surface area contributed by atoms with Gasteiger partial charge in [0.1, 0.15) is 0 Å². The van der Waals surface area contributed by atoms with Gasteiger partial charge in [0.15, 0.2) is 10.9 Å². The van der Waals surface area contributed by atoms with Gasteiger partial charge >= 0.3 is 0 Å². The average Bonchev–Trinajstić information content (AvgIpc) is 3.29. The largest absolute Gasteiger partial charge is 0.347 e. The summed E-state index contributed by atoms with van der Waals surface area (Å²) in [6.07, 6.45) is 12.3. The summed E-state index contributed by atoms with van der Waals surface area (Å²) in [5, 5.41) is 6.23. The summed E-state index contributed by atoms with van der Waals surface area (Å²) in [4.78, 5) is 22.9. The molecule has 1 aliphatic rings. The minimum Gasteiger partial charge on any atom is -0.347 e. The highest BCUT2D eigenvalue weighted by Gasteiger charge is 2.26. The van der Waals surface area contributed by atoms with Gasteiger partial charge in [-0.25, -0.2) is 15.0 Å². The van der Waals surface area contributed by atoms with Crippen LogP contribution in [0.25, 0.3) is 0 Å². The number of imidazole rings is 1. The Bertz CT molecular complexity index is 756. The Morgan fingerprint density at radius 2 is 2.25 bits per heavy atom. The van der Waals surface area contributed by atoms with Crippen molar-refractivity contribution in [3.05, 3.63) is 47.9 Å². The third-order valence-electron chi connectivity index (χ3n) is 4.20. The van der Waals surface area contributed by atoms with E-state index < -0.39 is 0 Å². The van der Waals surface area contributed by atoms with E-state index in [9.17, 15) is 0 Å². The molecule has 0 aromatic carbocycles. The predicted molar refractivity (Wildman–Crippen MR) is 93.0 cm³/mol. The Hall–Kier alpha value is -2.32. The number of piperidine rings is 1. The molecule has 1 saturated heterocycles. The quantitative estimate of drug-likeness (QED) is 0.742. The van der Waals surface area contributed by atoms with Crippen LogP contribution < -0.4 is 5.32 Å². The van der Waals surface area contributed by atoms with Crippen LogP contribution in [0.1, 0.15) is 36.7 Å². The third-order valence-corrected chi connectivity index (χ3v) is 4.98. The molecule has 1 aliphatic heterocycles. The molecule has 0 radical (unpaired) electrons. The van der Waals surface area contributed by atoms with Crippen molar-refractivity contribution in [2.24, 2.45) is 0 Å². The second kappa shape index (κ2) is 7.06. The number of hydrogen-bond donors (Lipinski definition) is 2. The predicted octanol–water partition coefficient (Wildman–Crippen LogP) is 3.13. The number of thiazole rings is 1. The molecule has 0 aliphatic carbocycles. The normalized spacial score (nSPS) is 18.6. The van der Waals surface area contributed by atoms with E-state index in [1.165, 1.54) is 12.8 Å². The molecule has 1 fully saturated rings. The van der Waals surface area contributed by atoms with Crippen LogP contribution in [-0.4, -0.2) is 36.4 Å². The van der Waals surface area contributed by atoms with Crippen molar-refractivity contribution in [3.8, 4) is 0 Å². The van der Waals surface area contributed by atoms with Gasteiger partial charge in [0.2, 0.25) is 0 Å². The Kier molecular flexibility index (Phi) is 4.48. The number of aromatic amines is 1. The molecular weight excluding hydrogens is 322 g/mol. The van der Waals surface area contributed by atoms with Crippen LogP contribution in [0.4, 0.5) is 10.9 Å². The summed E-state index contributed by atoms with van der Waals surface area (Å²) in [5.41, 5.74) is 2.28. The SMILES string of the molecule is c1cnc(Nc2nc(C3CCCCN3Cc3cnc[nH]3)cs2)cn1. The van der Waals surface area contributed by atoms with Crippen LogP contribution in [0.3, 0.4) is 0 Å². The highest BCUT2D eigenvalue weighted by atomic mass is 32.1. The van der Waals surface area contributed by atoms with Crippen molar-refractivity contribution >= 4 is 22.3 Å². The van der Waals surface area contributed by atoms with Crippen LogP contribution >= 0.6 is 11.3 Å². The van der Waals surface area contributed by atoms with Gasteiger partial charge in [-0.05, 0) is 19.4 Å². The van der Waals surface area contributed by atoms with E-state index in [4.69, 9.17) is 4.98 Å².